The van der Waals surface area contributed by atoms with E-state index in [1.807, 2.05) is 0 Å². The fraction of sp³-hybridized carbons (Fsp3) is 0. The van der Waals surface area contributed by atoms with E-state index >= 15 is 0 Å². The van der Waals surface area contributed by atoms with Crippen molar-refractivity contribution in [2.75, 3.05) is 0 Å². The quantitative estimate of drug-likeness (QED) is 0.540. The van der Waals surface area contributed by atoms with Crippen LogP contribution in [0.25, 0.3) is 22.3 Å². The molecule has 3 aromatic carbocycles. The second kappa shape index (κ2) is 7.46. The van der Waals surface area contributed by atoms with E-state index in [1.54, 1.807) is 0 Å². The van der Waals surface area contributed by atoms with Crippen molar-refractivity contribution >= 4 is 22.1 Å². The topological polar surface area (TPSA) is 129 Å². The van der Waals surface area contributed by atoms with Crippen LogP contribution in [0, 0.1) is 5.82 Å². The van der Waals surface area contributed by atoms with Crippen molar-refractivity contribution in [1.29, 1.82) is 0 Å². The molecule has 0 fully saturated rings. The van der Waals surface area contributed by atoms with Gasteiger partial charge in [0.2, 0.25) is 0 Å². The minimum atomic E-state index is -4.83. The Morgan fingerprint density at radius 2 is 1.07 bits per heavy atom. The van der Waals surface area contributed by atoms with E-state index < -0.39 is 32.8 Å². The molecule has 3 rings (SSSR count). The first-order valence-corrected chi connectivity index (χ1v) is 9.50. The summed E-state index contributed by atoms with van der Waals surface area (Å²) in [5, 5.41) is 18.0. The molecule has 0 bridgehead atoms. The molecule has 0 atom stereocenters. The van der Waals surface area contributed by atoms with Gasteiger partial charge in [-0.05, 0) is 47.5 Å². The largest absolute Gasteiger partial charge is 0.478 e. The molecule has 3 N–H and O–H groups in total. The Kier molecular flexibility index (Phi) is 5.19. The maximum Gasteiger partial charge on any atom is 0.335 e. The Morgan fingerprint density at radius 3 is 1.34 bits per heavy atom. The summed E-state index contributed by atoms with van der Waals surface area (Å²) in [6.45, 7) is 0. The number of hydrogen-bond donors (Lipinski definition) is 3. The fourth-order valence-corrected chi connectivity index (χ4v) is 3.79. The molecule has 0 aliphatic heterocycles. The Hall–Kier alpha value is -3.56. The number of carboxylic acids is 2. The first-order chi connectivity index (χ1) is 13.6. The molecule has 29 heavy (non-hydrogen) atoms. The summed E-state index contributed by atoms with van der Waals surface area (Å²) < 4.78 is 48.4. The van der Waals surface area contributed by atoms with Gasteiger partial charge in [-0.2, -0.15) is 8.42 Å². The van der Waals surface area contributed by atoms with Crippen LogP contribution in [0.1, 0.15) is 20.7 Å². The average Bonchev–Trinajstić information content (AvgIpc) is 2.66. The lowest BCUT2D eigenvalue weighted by molar-refractivity contribution is 0.0686. The Bertz CT molecular complexity index is 1140. The highest BCUT2D eigenvalue weighted by atomic mass is 32.2. The summed E-state index contributed by atoms with van der Waals surface area (Å²) in [5.74, 6) is -3.18. The second-order valence-corrected chi connectivity index (χ2v) is 7.43. The van der Waals surface area contributed by atoms with Crippen LogP contribution in [0.15, 0.2) is 65.6 Å². The van der Waals surface area contributed by atoms with Crippen LogP contribution in [0.3, 0.4) is 0 Å². The molecule has 0 aliphatic rings. The molecule has 3 aromatic rings. The Labute approximate surface area is 164 Å². The third-order valence-electron chi connectivity index (χ3n) is 4.20. The smallest absolute Gasteiger partial charge is 0.335 e. The monoisotopic (exact) mass is 416 g/mol. The number of rotatable bonds is 5. The molecule has 0 aliphatic carbocycles. The summed E-state index contributed by atoms with van der Waals surface area (Å²) >= 11 is 0. The number of halogens is 1. The van der Waals surface area contributed by atoms with Gasteiger partial charge in [0.15, 0.2) is 0 Å². The number of hydrogen-bond acceptors (Lipinski definition) is 4. The van der Waals surface area contributed by atoms with Gasteiger partial charge in [-0.25, -0.2) is 14.0 Å². The predicted molar refractivity (Wildman–Crippen MR) is 101 cm³/mol. The number of benzene rings is 3. The second-order valence-electron chi connectivity index (χ2n) is 6.07. The van der Waals surface area contributed by atoms with Gasteiger partial charge in [-0.1, -0.05) is 24.3 Å². The third kappa shape index (κ3) is 4.15. The molecule has 0 unspecified atom stereocenters. The molecule has 0 spiro atoms. The van der Waals surface area contributed by atoms with E-state index in [9.17, 15) is 27.0 Å². The van der Waals surface area contributed by atoms with E-state index in [1.165, 1.54) is 48.5 Å². The highest BCUT2D eigenvalue weighted by Crippen LogP contribution is 2.37. The van der Waals surface area contributed by atoms with Crippen molar-refractivity contribution in [3.05, 3.63) is 77.6 Å². The first-order valence-electron chi connectivity index (χ1n) is 8.06. The van der Waals surface area contributed by atoms with Crippen molar-refractivity contribution in [2.45, 2.75) is 4.90 Å². The highest BCUT2D eigenvalue weighted by molar-refractivity contribution is 7.86. The number of carbonyl (C=O) groups is 2. The van der Waals surface area contributed by atoms with Gasteiger partial charge in [0, 0.05) is 11.1 Å². The van der Waals surface area contributed by atoms with E-state index in [2.05, 4.69) is 0 Å². The molecule has 7 nitrogen and oxygen atoms in total. The lowest BCUT2D eigenvalue weighted by Gasteiger charge is -2.14. The van der Waals surface area contributed by atoms with E-state index in [-0.39, 0.29) is 33.4 Å². The van der Waals surface area contributed by atoms with Gasteiger partial charge in [0.25, 0.3) is 10.1 Å². The fourth-order valence-electron chi connectivity index (χ4n) is 2.89. The van der Waals surface area contributed by atoms with Crippen molar-refractivity contribution in [3.63, 3.8) is 0 Å². The third-order valence-corrected chi connectivity index (χ3v) is 5.15. The zero-order valence-corrected chi connectivity index (χ0v) is 15.4. The summed E-state index contributed by atoms with van der Waals surface area (Å²) in [7, 11) is -4.83. The molecular formula is C20H13FO7S. The maximum atomic E-state index is 14.3. The minimum absolute atomic E-state index is 0.0527. The molecule has 0 saturated heterocycles. The van der Waals surface area contributed by atoms with E-state index in [0.29, 0.717) is 0 Å². The van der Waals surface area contributed by atoms with Crippen LogP contribution < -0.4 is 0 Å². The minimum Gasteiger partial charge on any atom is -0.478 e. The Balaban J connectivity index is 2.27. The number of carboxylic acid groups (broad SMARTS) is 2. The van der Waals surface area contributed by atoms with Gasteiger partial charge >= 0.3 is 11.9 Å². The van der Waals surface area contributed by atoms with Crippen LogP contribution in [0.2, 0.25) is 0 Å². The van der Waals surface area contributed by atoms with Crippen LogP contribution in [0.5, 0.6) is 0 Å². The summed E-state index contributed by atoms with van der Waals surface area (Å²) in [6, 6.07) is 11.9. The van der Waals surface area contributed by atoms with Gasteiger partial charge in [-0.15, -0.1) is 0 Å². The molecular weight excluding hydrogens is 403 g/mol. The maximum absolute atomic E-state index is 14.3. The van der Waals surface area contributed by atoms with Gasteiger partial charge in [-0.3, -0.25) is 4.55 Å². The number of aromatic carboxylic acids is 2. The zero-order valence-electron chi connectivity index (χ0n) is 14.5. The summed E-state index contributed by atoms with van der Waals surface area (Å²) in [5.41, 5.74) is -0.0920. The van der Waals surface area contributed by atoms with Crippen molar-refractivity contribution in [3.8, 4) is 22.3 Å². The molecule has 0 amide bonds. The van der Waals surface area contributed by atoms with Crippen LogP contribution in [-0.4, -0.2) is 35.1 Å². The van der Waals surface area contributed by atoms with Gasteiger partial charge in [0.05, 0.1) is 11.1 Å². The van der Waals surface area contributed by atoms with Crippen molar-refractivity contribution < 1.29 is 37.2 Å². The van der Waals surface area contributed by atoms with Crippen LogP contribution >= 0.6 is 0 Å². The molecule has 148 valence electrons. The highest BCUT2D eigenvalue weighted by Gasteiger charge is 2.24. The van der Waals surface area contributed by atoms with Gasteiger partial charge in [0.1, 0.15) is 10.7 Å². The summed E-state index contributed by atoms with van der Waals surface area (Å²) in [4.78, 5) is 21.4. The van der Waals surface area contributed by atoms with Crippen LogP contribution in [0.4, 0.5) is 4.39 Å². The molecule has 0 saturated carbocycles. The molecule has 0 radical (unpaired) electrons. The molecule has 0 aromatic heterocycles. The lowest BCUT2D eigenvalue weighted by atomic mass is 9.97. The Morgan fingerprint density at radius 1 is 0.724 bits per heavy atom. The summed E-state index contributed by atoms with van der Waals surface area (Å²) in [6.07, 6.45) is 0. The SMILES string of the molecule is O=C(O)c1ccc(-c2cc(F)cc(-c3ccc(C(=O)O)cc3)c2S(=O)(=O)O)cc1. The molecule has 0 heterocycles. The normalized spacial score (nSPS) is 11.2. The zero-order chi connectivity index (χ0) is 21.3. The van der Waals surface area contributed by atoms with E-state index in [4.69, 9.17) is 10.2 Å². The standard InChI is InChI=1S/C20H13FO7S/c21-15-9-16(11-1-5-13(6-2-11)19(22)23)18(29(26,27)28)17(10-15)12-3-7-14(8-4-12)20(24)25/h1-10H,(H,22,23)(H,24,25)(H,26,27,28). The van der Waals surface area contributed by atoms with Gasteiger partial charge < -0.3 is 10.2 Å². The molecule has 9 heteroatoms. The predicted octanol–water partition coefficient (Wildman–Crippen LogP) is 3.80. The lowest BCUT2D eigenvalue weighted by Crippen LogP contribution is -2.05. The van der Waals surface area contributed by atoms with Crippen molar-refractivity contribution in [2.24, 2.45) is 0 Å². The first kappa shape index (κ1) is 20.2. The van der Waals surface area contributed by atoms with Crippen LogP contribution in [-0.2, 0) is 10.1 Å². The van der Waals surface area contributed by atoms with Crippen molar-refractivity contribution in [1.82, 2.24) is 0 Å². The average molecular weight is 416 g/mol. The van der Waals surface area contributed by atoms with E-state index in [0.717, 1.165) is 12.1 Å².